The zero-order valence-corrected chi connectivity index (χ0v) is 13.1. The topological polar surface area (TPSA) is 50.9 Å². The van der Waals surface area contributed by atoms with E-state index in [9.17, 15) is 13.2 Å². The number of rotatable bonds is 2. The zero-order chi connectivity index (χ0) is 16.0. The van der Waals surface area contributed by atoms with Crippen LogP contribution < -0.4 is 11.1 Å². The third kappa shape index (κ3) is 4.93. The maximum absolute atomic E-state index is 12.4. The number of nitrogen functional groups attached to an aromatic ring is 1. The molecule has 0 unspecified atom stereocenters. The highest BCUT2D eigenvalue weighted by Gasteiger charge is 2.31. The molecular weight excluding hydrogens is 347 g/mol. The lowest BCUT2D eigenvalue weighted by atomic mass is 10.2. The average Bonchev–Trinajstić information content (AvgIpc) is 2.44. The SMILES string of the molecule is CC.Nc1ccc(Nc2ccc(C(F)(F)F)nc2)c(Br)c1. The molecule has 0 atom stereocenters. The molecule has 7 heteroatoms. The monoisotopic (exact) mass is 361 g/mol. The predicted molar refractivity (Wildman–Crippen MR) is 82.4 cm³/mol. The van der Waals surface area contributed by atoms with Crippen molar-refractivity contribution in [1.29, 1.82) is 0 Å². The number of pyridine rings is 1. The van der Waals surface area contributed by atoms with Gasteiger partial charge in [-0.25, -0.2) is 4.98 Å². The van der Waals surface area contributed by atoms with Crippen molar-refractivity contribution in [3.8, 4) is 0 Å². The van der Waals surface area contributed by atoms with E-state index in [2.05, 4.69) is 26.2 Å². The summed E-state index contributed by atoms with van der Waals surface area (Å²) >= 11 is 3.31. The van der Waals surface area contributed by atoms with Crippen LogP contribution in [0.5, 0.6) is 0 Å². The van der Waals surface area contributed by atoms with E-state index in [4.69, 9.17) is 5.73 Å². The van der Waals surface area contributed by atoms with E-state index in [0.29, 0.717) is 21.5 Å². The quantitative estimate of drug-likeness (QED) is 0.721. The van der Waals surface area contributed by atoms with E-state index in [1.54, 1.807) is 18.2 Å². The Balaban J connectivity index is 0.00000106. The van der Waals surface area contributed by atoms with Gasteiger partial charge in [0.15, 0.2) is 0 Å². The molecule has 0 saturated carbocycles. The zero-order valence-electron chi connectivity index (χ0n) is 11.5. The van der Waals surface area contributed by atoms with Crippen molar-refractivity contribution < 1.29 is 13.2 Å². The van der Waals surface area contributed by atoms with Gasteiger partial charge in [-0.3, -0.25) is 0 Å². The molecule has 1 heterocycles. The van der Waals surface area contributed by atoms with Crippen LogP contribution in [0.25, 0.3) is 0 Å². The van der Waals surface area contributed by atoms with Crippen molar-refractivity contribution in [1.82, 2.24) is 4.98 Å². The standard InChI is InChI=1S/C12H9BrF3N3.C2H6/c13-9-5-7(17)1-3-10(9)19-8-2-4-11(18-6-8)12(14,15)16;1-2/h1-6,19H,17H2;1-2H3. The maximum Gasteiger partial charge on any atom is 0.433 e. The van der Waals surface area contributed by atoms with Crippen LogP contribution in [0.2, 0.25) is 0 Å². The lowest BCUT2D eigenvalue weighted by Crippen LogP contribution is -2.07. The highest BCUT2D eigenvalue weighted by molar-refractivity contribution is 9.10. The number of anilines is 3. The minimum atomic E-state index is -4.43. The first kappa shape index (κ1) is 17.3. The molecule has 1 aromatic heterocycles. The summed E-state index contributed by atoms with van der Waals surface area (Å²) in [5, 5.41) is 2.95. The molecule has 0 spiro atoms. The number of hydrogen-bond donors (Lipinski definition) is 2. The molecular formula is C14H15BrF3N3. The molecule has 2 rings (SSSR count). The third-order valence-corrected chi connectivity index (χ3v) is 2.98. The summed E-state index contributed by atoms with van der Waals surface area (Å²) in [6.45, 7) is 4.00. The minimum absolute atomic E-state index is 0.457. The van der Waals surface area contributed by atoms with E-state index in [1.165, 1.54) is 6.07 Å². The highest BCUT2D eigenvalue weighted by atomic mass is 79.9. The van der Waals surface area contributed by atoms with Crippen molar-refractivity contribution >= 4 is 33.0 Å². The fraction of sp³-hybridized carbons (Fsp3) is 0.214. The lowest BCUT2D eigenvalue weighted by molar-refractivity contribution is -0.141. The normalized spacial score (nSPS) is 10.6. The highest BCUT2D eigenvalue weighted by Crippen LogP contribution is 2.30. The fourth-order valence-electron chi connectivity index (χ4n) is 1.42. The number of aromatic nitrogens is 1. The fourth-order valence-corrected chi connectivity index (χ4v) is 1.92. The summed E-state index contributed by atoms with van der Waals surface area (Å²) < 4.78 is 37.8. The molecule has 0 radical (unpaired) electrons. The largest absolute Gasteiger partial charge is 0.433 e. The number of nitrogens with two attached hydrogens (primary N) is 1. The van der Waals surface area contributed by atoms with Crippen molar-refractivity contribution in [2.75, 3.05) is 11.1 Å². The van der Waals surface area contributed by atoms with Crippen LogP contribution in [0.1, 0.15) is 19.5 Å². The first-order valence-corrected chi connectivity index (χ1v) is 7.01. The Morgan fingerprint density at radius 3 is 2.29 bits per heavy atom. The number of benzene rings is 1. The summed E-state index contributed by atoms with van der Waals surface area (Å²) in [5.74, 6) is 0. The third-order valence-electron chi connectivity index (χ3n) is 2.33. The summed E-state index contributed by atoms with van der Waals surface area (Å²) in [6, 6.07) is 7.34. The van der Waals surface area contributed by atoms with Crippen LogP contribution in [0, 0.1) is 0 Å². The van der Waals surface area contributed by atoms with Gasteiger partial charge >= 0.3 is 6.18 Å². The Morgan fingerprint density at radius 2 is 1.81 bits per heavy atom. The van der Waals surface area contributed by atoms with Gasteiger partial charge in [0.2, 0.25) is 0 Å². The molecule has 0 aliphatic heterocycles. The number of nitrogens with one attached hydrogen (secondary N) is 1. The Labute approximate surface area is 129 Å². The van der Waals surface area contributed by atoms with Crippen LogP contribution in [-0.2, 0) is 6.18 Å². The van der Waals surface area contributed by atoms with E-state index in [-0.39, 0.29) is 0 Å². The van der Waals surface area contributed by atoms with E-state index < -0.39 is 11.9 Å². The van der Waals surface area contributed by atoms with Crippen LogP contribution in [0.15, 0.2) is 41.0 Å². The van der Waals surface area contributed by atoms with Gasteiger partial charge in [-0.05, 0) is 46.3 Å². The van der Waals surface area contributed by atoms with Crippen molar-refractivity contribution in [3.05, 3.63) is 46.7 Å². The smallest absolute Gasteiger partial charge is 0.399 e. The number of alkyl halides is 3. The molecule has 0 bridgehead atoms. The summed E-state index contributed by atoms with van der Waals surface area (Å²) in [7, 11) is 0. The number of nitrogens with zero attached hydrogens (tertiary/aromatic N) is 1. The molecule has 0 saturated heterocycles. The number of halogens is 4. The van der Waals surface area contributed by atoms with Gasteiger partial charge < -0.3 is 11.1 Å². The van der Waals surface area contributed by atoms with Crippen molar-refractivity contribution in [3.63, 3.8) is 0 Å². The molecule has 0 aliphatic carbocycles. The Bertz CT molecular complexity index is 583. The first-order valence-electron chi connectivity index (χ1n) is 6.21. The first-order chi connectivity index (χ1) is 9.86. The molecule has 2 aromatic rings. The maximum atomic E-state index is 12.4. The van der Waals surface area contributed by atoms with Gasteiger partial charge in [0.1, 0.15) is 5.69 Å². The van der Waals surface area contributed by atoms with Gasteiger partial charge in [-0.15, -0.1) is 0 Å². The van der Waals surface area contributed by atoms with Gasteiger partial charge in [-0.1, -0.05) is 13.8 Å². The van der Waals surface area contributed by atoms with E-state index in [1.807, 2.05) is 13.8 Å². The summed E-state index contributed by atoms with van der Waals surface area (Å²) in [5.41, 5.74) is 6.41. The second kappa shape index (κ2) is 7.31. The average molecular weight is 362 g/mol. The second-order valence-electron chi connectivity index (χ2n) is 3.79. The van der Waals surface area contributed by atoms with E-state index >= 15 is 0 Å². The van der Waals surface area contributed by atoms with Gasteiger partial charge in [0.05, 0.1) is 17.6 Å². The van der Waals surface area contributed by atoms with Crippen LogP contribution in [-0.4, -0.2) is 4.98 Å². The predicted octanol–water partition coefficient (Wildman–Crippen LogP) is 5.21. The summed E-state index contributed by atoms with van der Waals surface area (Å²) in [4.78, 5) is 3.37. The Hall–Kier alpha value is -1.76. The molecule has 1 aromatic carbocycles. The van der Waals surface area contributed by atoms with Gasteiger partial charge in [0, 0.05) is 10.2 Å². The molecule has 0 aliphatic rings. The van der Waals surface area contributed by atoms with Crippen molar-refractivity contribution in [2.45, 2.75) is 20.0 Å². The molecule has 0 fully saturated rings. The second-order valence-corrected chi connectivity index (χ2v) is 4.65. The molecule has 21 heavy (non-hydrogen) atoms. The molecule has 3 nitrogen and oxygen atoms in total. The summed E-state index contributed by atoms with van der Waals surface area (Å²) in [6.07, 6.45) is -3.30. The van der Waals surface area contributed by atoms with Gasteiger partial charge in [0.25, 0.3) is 0 Å². The Morgan fingerprint density at radius 1 is 1.14 bits per heavy atom. The minimum Gasteiger partial charge on any atom is -0.399 e. The molecule has 3 N–H and O–H groups in total. The van der Waals surface area contributed by atoms with Crippen LogP contribution in [0.4, 0.5) is 30.2 Å². The van der Waals surface area contributed by atoms with E-state index in [0.717, 1.165) is 12.3 Å². The van der Waals surface area contributed by atoms with Crippen LogP contribution in [0.3, 0.4) is 0 Å². The van der Waals surface area contributed by atoms with Crippen molar-refractivity contribution in [2.24, 2.45) is 0 Å². The lowest BCUT2D eigenvalue weighted by Gasteiger charge is -2.10. The Kier molecular flexibility index (Phi) is 6.02. The van der Waals surface area contributed by atoms with Crippen LogP contribution >= 0.6 is 15.9 Å². The van der Waals surface area contributed by atoms with Gasteiger partial charge in [-0.2, -0.15) is 13.2 Å². The number of hydrogen-bond acceptors (Lipinski definition) is 3. The molecule has 114 valence electrons. The molecule has 0 amide bonds.